The number of non-ortho nitro benzene ring substituents is 1. The normalized spacial score (nSPS) is 13.2. The van der Waals surface area contributed by atoms with Gasteiger partial charge in [-0.1, -0.05) is 11.6 Å². The number of hydrogen-bond donors (Lipinski definition) is 1. The van der Waals surface area contributed by atoms with Crippen LogP contribution in [0, 0.1) is 10.1 Å². The van der Waals surface area contributed by atoms with Crippen LogP contribution in [-0.4, -0.2) is 33.1 Å². The lowest BCUT2D eigenvalue weighted by Gasteiger charge is -2.14. The molecule has 9 heteroatoms. The first-order valence-electron chi connectivity index (χ1n) is 5.73. The third-order valence-electron chi connectivity index (χ3n) is 2.53. The van der Waals surface area contributed by atoms with Crippen molar-refractivity contribution in [3.63, 3.8) is 0 Å². The molecule has 1 aromatic rings. The highest BCUT2D eigenvalue weighted by Crippen LogP contribution is 2.26. The number of sulfonamides is 1. The average molecular weight is 323 g/mol. The zero-order chi connectivity index (χ0) is 15.3. The Bertz CT molecular complexity index is 590. The second-order valence-corrected chi connectivity index (χ2v) is 6.27. The Morgan fingerprint density at radius 1 is 1.50 bits per heavy atom. The maximum absolute atomic E-state index is 12.1. The predicted octanol–water partition coefficient (Wildman–Crippen LogP) is 1.95. The maximum Gasteiger partial charge on any atom is 0.270 e. The molecular weight excluding hydrogens is 308 g/mol. The molecule has 0 aliphatic heterocycles. The topological polar surface area (TPSA) is 98.5 Å². The molecule has 0 spiro atoms. The van der Waals surface area contributed by atoms with E-state index in [2.05, 4.69) is 4.72 Å². The quantitative estimate of drug-likeness (QED) is 0.611. The van der Waals surface area contributed by atoms with Gasteiger partial charge in [-0.3, -0.25) is 10.1 Å². The number of nitrogens with one attached hydrogen (secondary N) is 1. The summed E-state index contributed by atoms with van der Waals surface area (Å²) >= 11 is 5.81. The fourth-order valence-corrected chi connectivity index (χ4v) is 3.29. The van der Waals surface area contributed by atoms with Crippen LogP contribution in [0.1, 0.15) is 13.3 Å². The van der Waals surface area contributed by atoms with Gasteiger partial charge in [0.2, 0.25) is 10.0 Å². The van der Waals surface area contributed by atoms with Gasteiger partial charge in [0.1, 0.15) is 4.90 Å². The molecule has 0 aromatic heterocycles. The molecule has 7 nitrogen and oxygen atoms in total. The highest BCUT2D eigenvalue weighted by Gasteiger charge is 2.23. The number of nitrogens with zero attached hydrogens (tertiary/aromatic N) is 1. The van der Waals surface area contributed by atoms with Crippen LogP contribution in [0.2, 0.25) is 5.02 Å². The van der Waals surface area contributed by atoms with E-state index in [-0.39, 0.29) is 21.6 Å². The number of methoxy groups -OCH3 is 1. The van der Waals surface area contributed by atoms with Crippen LogP contribution in [0.25, 0.3) is 0 Å². The van der Waals surface area contributed by atoms with Crippen molar-refractivity contribution in [2.45, 2.75) is 24.3 Å². The lowest BCUT2D eigenvalue weighted by atomic mass is 10.3. The van der Waals surface area contributed by atoms with E-state index >= 15 is 0 Å². The molecule has 0 fully saturated rings. The van der Waals surface area contributed by atoms with E-state index in [0.29, 0.717) is 13.0 Å². The molecule has 0 radical (unpaired) electrons. The summed E-state index contributed by atoms with van der Waals surface area (Å²) in [6.07, 6.45) is 0.474. The monoisotopic (exact) mass is 322 g/mol. The number of hydrogen-bond acceptors (Lipinski definition) is 5. The summed E-state index contributed by atoms with van der Waals surface area (Å²) < 4.78 is 31.5. The lowest BCUT2D eigenvalue weighted by molar-refractivity contribution is -0.385. The van der Waals surface area contributed by atoms with Crippen molar-refractivity contribution in [3.8, 4) is 0 Å². The Hall–Kier alpha value is -1.22. The van der Waals surface area contributed by atoms with Crippen LogP contribution in [0.15, 0.2) is 23.1 Å². The van der Waals surface area contributed by atoms with E-state index in [1.54, 1.807) is 6.92 Å². The van der Waals surface area contributed by atoms with Crippen LogP contribution in [0.4, 0.5) is 5.69 Å². The minimum absolute atomic E-state index is 0.0676. The van der Waals surface area contributed by atoms with Crippen LogP contribution in [0.5, 0.6) is 0 Å². The van der Waals surface area contributed by atoms with Gasteiger partial charge in [-0.2, -0.15) is 0 Å². The Balaban J connectivity index is 3.03. The zero-order valence-corrected chi connectivity index (χ0v) is 12.6. The van der Waals surface area contributed by atoms with Gasteiger partial charge < -0.3 is 4.74 Å². The van der Waals surface area contributed by atoms with Crippen LogP contribution < -0.4 is 4.72 Å². The second-order valence-electron chi connectivity index (χ2n) is 4.18. The summed E-state index contributed by atoms with van der Waals surface area (Å²) in [7, 11) is -2.41. The maximum atomic E-state index is 12.1. The van der Waals surface area contributed by atoms with E-state index in [9.17, 15) is 18.5 Å². The Labute approximate surface area is 122 Å². The molecule has 1 unspecified atom stereocenters. The molecule has 0 amide bonds. The standard InChI is InChI=1S/C11H15ClN2O5S/c1-8(5-6-19-2)13-20(17,18)11-7-9(14(15)16)3-4-10(11)12/h3-4,7-8,13H,5-6H2,1-2H3. The third kappa shape index (κ3) is 4.41. The van der Waals surface area contributed by atoms with Gasteiger partial charge in [-0.05, 0) is 19.4 Å². The number of halogens is 1. The zero-order valence-electron chi connectivity index (χ0n) is 11.0. The molecule has 112 valence electrons. The molecule has 1 aromatic carbocycles. The molecule has 0 aliphatic rings. The molecule has 1 N–H and O–H groups in total. The van der Waals surface area contributed by atoms with Gasteiger partial charge in [-0.25, -0.2) is 13.1 Å². The number of nitro groups is 1. The van der Waals surface area contributed by atoms with Crippen molar-refractivity contribution in [2.75, 3.05) is 13.7 Å². The molecule has 0 aliphatic carbocycles. The van der Waals surface area contributed by atoms with E-state index in [1.165, 1.54) is 13.2 Å². The second kappa shape index (κ2) is 6.98. The number of rotatable bonds is 7. The molecule has 0 bridgehead atoms. The van der Waals surface area contributed by atoms with Gasteiger partial charge in [0.05, 0.1) is 9.95 Å². The van der Waals surface area contributed by atoms with Crippen molar-refractivity contribution in [2.24, 2.45) is 0 Å². The van der Waals surface area contributed by atoms with Gasteiger partial charge in [0.25, 0.3) is 5.69 Å². The summed E-state index contributed by atoms with van der Waals surface area (Å²) in [6, 6.07) is 2.90. The average Bonchev–Trinajstić information content (AvgIpc) is 2.35. The SMILES string of the molecule is COCCC(C)NS(=O)(=O)c1cc([N+](=O)[O-])ccc1Cl. The molecule has 0 heterocycles. The molecule has 20 heavy (non-hydrogen) atoms. The van der Waals surface area contributed by atoms with Gasteiger partial charge in [0, 0.05) is 31.9 Å². The Kier molecular flexibility index (Phi) is 5.88. The fourth-order valence-electron chi connectivity index (χ4n) is 1.49. The molecule has 0 saturated heterocycles. The van der Waals surface area contributed by atoms with Crippen molar-refractivity contribution >= 4 is 27.3 Å². The van der Waals surface area contributed by atoms with Crippen molar-refractivity contribution in [1.82, 2.24) is 4.72 Å². The van der Waals surface area contributed by atoms with E-state index in [1.807, 2.05) is 0 Å². The number of nitro benzene ring substituents is 1. The van der Waals surface area contributed by atoms with E-state index < -0.39 is 14.9 Å². The minimum atomic E-state index is -3.92. The Morgan fingerprint density at radius 3 is 2.70 bits per heavy atom. The summed E-state index contributed by atoms with van der Waals surface area (Å²) in [5.41, 5.74) is -0.334. The first-order valence-corrected chi connectivity index (χ1v) is 7.59. The summed E-state index contributed by atoms with van der Waals surface area (Å²) in [6.45, 7) is 2.06. The predicted molar refractivity (Wildman–Crippen MR) is 74.4 cm³/mol. The summed E-state index contributed by atoms with van der Waals surface area (Å²) in [4.78, 5) is 9.70. The van der Waals surface area contributed by atoms with Crippen LogP contribution >= 0.6 is 11.6 Å². The largest absolute Gasteiger partial charge is 0.385 e. The van der Waals surface area contributed by atoms with Crippen molar-refractivity contribution in [1.29, 1.82) is 0 Å². The molecule has 0 saturated carbocycles. The highest BCUT2D eigenvalue weighted by molar-refractivity contribution is 7.89. The van der Waals surface area contributed by atoms with Gasteiger partial charge >= 0.3 is 0 Å². The van der Waals surface area contributed by atoms with E-state index in [4.69, 9.17) is 16.3 Å². The van der Waals surface area contributed by atoms with E-state index in [0.717, 1.165) is 12.1 Å². The third-order valence-corrected chi connectivity index (χ3v) is 4.60. The molecular formula is C11H15ClN2O5S. The van der Waals surface area contributed by atoms with Gasteiger partial charge in [0.15, 0.2) is 0 Å². The minimum Gasteiger partial charge on any atom is -0.385 e. The number of benzene rings is 1. The number of ether oxygens (including phenoxy) is 1. The summed E-state index contributed by atoms with van der Waals surface area (Å²) in [5.74, 6) is 0. The first kappa shape index (κ1) is 16.8. The van der Waals surface area contributed by atoms with Crippen molar-refractivity contribution in [3.05, 3.63) is 33.3 Å². The highest BCUT2D eigenvalue weighted by atomic mass is 35.5. The smallest absolute Gasteiger partial charge is 0.270 e. The molecule has 1 rings (SSSR count). The lowest BCUT2D eigenvalue weighted by Crippen LogP contribution is -2.33. The van der Waals surface area contributed by atoms with Crippen LogP contribution in [-0.2, 0) is 14.8 Å². The fraction of sp³-hybridized carbons (Fsp3) is 0.455. The molecule has 1 atom stereocenters. The van der Waals surface area contributed by atoms with Gasteiger partial charge in [-0.15, -0.1) is 0 Å². The van der Waals surface area contributed by atoms with Crippen LogP contribution in [0.3, 0.4) is 0 Å². The summed E-state index contributed by atoms with van der Waals surface area (Å²) in [5, 5.41) is 10.6. The first-order chi connectivity index (χ1) is 9.27. The van der Waals surface area contributed by atoms with Crippen molar-refractivity contribution < 1.29 is 18.1 Å². The Morgan fingerprint density at radius 2 is 2.15 bits per heavy atom.